The molecule has 0 spiro atoms. The van der Waals surface area contributed by atoms with Gasteiger partial charge in [0.15, 0.2) is 0 Å². The highest BCUT2D eigenvalue weighted by atomic mass is 35.5. The zero-order chi connectivity index (χ0) is 19.2. The first-order valence-electron chi connectivity index (χ1n) is 7.68. The van der Waals surface area contributed by atoms with E-state index >= 15 is 0 Å². The summed E-state index contributed by atoms with van der Waals surface area (Å²) in [7, 11) is -0.999. The second-order valence-corrected chi connectivity index (χ2v) is 7.54. The van der Waals surface area contributed by atoms with Crippen molar-refractivity contribution in [2.75, 3.05) is 0 Å². The number of hydrogen-bond acceptors (Lipinski definition) is 3. The number of halogens is 4. The van der Waals surface area contributed by atoms with E-state index in [9.17, 15) is 23.1 Å². The number of carbonyl (C=O) groups is 1. The Hall–Kier alpha value is -1.25. The summed E-state index contributed by atoms with van der Waals surface area (Å²) >= 11 is 5.83. The van der Waals surface area contributed by atoms with Crippen LogP contribution in [0.15, 0.2) is 18.2 Å². The molecule has 2 rings (SSSR count). The molecule has 1 unspecified atom stereocenters. The molecular weight excluding hydrogens is 359 g/mol. The van der Waals surface area contributed by atoms with Crippen LogP contribution >= 0.6 is 11.6 Å². The number of alkyl halides is 3. The summed E-state index contributed by atoms with van der Waals surface area (Å²) < 4.78 is 50.9. The summed E-state index contributed by atoms with van der Waals surface area (Å²) in [4.78, 5) is 11.3. The number of benzene rings is 1. The Balaban J connectivity index is 2.46. The highest BCUT2D eigenvalue weighted by Gasteiger charge is 2.54. The van der Waals surface area contributed by atoms with Crippen LogP contribution in [0.1, 0.15) is 51.1 Å². The fourth-order valence-electron chi connectivity index (χ4n) is 2.60. The summed E-state index contributed by atoms with van der Waals surface area (Å²) in [5, 5.41) is 9.07. The molecule has 1 aromatic rings. The summed E-state index contributed by atoms with van der Waals surface area (Å²) in [6.07, 6.45) is -5.04. The van der Waals surface area contributed by atoms with Crippen LogP contribution in [0, 0.1) is 0 Å². The topological polar surface area (TPSA) is 55.8 Å². The Morgan fingerprint density at radius 2 is 1.72 bits per heavy atom. The molecule has 0 amide bonds. The van der Waals surface area contributed by atoms with Gasteiger partial charge in [-0.05, 0) is 51.5 Å². The van der Waals surface area contributed by atoms with E-state index in [1.165, 1.54) is 6.07 Å². The van der Waals surface area contributed by atoms with Crippen molar-refractivity contribution < 1.29 is 32.4 Å². The highest BCUT2D eigenvalue weighted by Crippen LogP contribution is 2.43. The van der Waals surface area contributed by atoms with E-state index in [1.807, 2.05) is 0 Å². The molecule has 138 valence electrons. The van der Waals surface area contributed by atoms with Gasteiger partial charge in [0.05, 0.1) is 23.2 Å². The Morgan fingerprint density at radius 1 is 1.20 bits per heavy atom. The van der Waals surface area contributed by atoms with Crippen molar-refractivity contribution in [1.82, 2.24) is 0 Å². The molecule has 1 heterocycles. The third-order valence-corrected chi connectivity index (χ3v) is 4.89. The molecule has 0 aromatic heterocycles. The zero-order valence-electron chi connectivity index (χ0n) is 14.3. The predicted octanol–water partition coefficient (Wildman–Crippen LogP) is 4.55. The average Bonchev–Trinajstić information content (AvgIpc) is 2.62. The number of carboxylic acids is 1. The lowest BCUT2D eigenvalue weighted by Crippen LogP contribution is -2.41. The van der Waals surface area contributed by atoms with Crippen molar-refractivity contribution in [2.24, 2.45) is 0 Å². The van der Waals surface area contributed by atoms with E-state index in [4.69, 9.17) is 20.9 Å². The Morgan fingerprint density at radius 3 is 2.16 bits per heavy atom. The lowest BCUT2D eigenvalue weighted by Gasteiger charge is -2.32. The standard InChI is InChI=1S/C16H19BClF3O4/c1-14(2)15(3,4)25-17(24-14)12(8-13(22)23)9-5-10(16(19,20)21)7-11(18)6-9/h5-7,12H,8H2,1-4H3,(H,22,23). The first-order chi connectivity index (χ1) is 11.2. The van der Waals surface area contributed by atoms with E-state index in [2.05, 4.69) is 0 Å². The number of carboxylic acid groups (broad SMARTS) is 1. The molecule has 9 heteroatoms. The Labute approximate surface area is 149 Å². The first-order valence-corrected chi connectivity index (χ1v) is 8.06. The molecule has 0 bridgehead atoms. The minimum atomic E-state index is -4.59. The third kappa shape index (κ3) is 4.30. The van der Waals surface area contributed by atoms with Gasteiger partial charge in [0.1, 0.15) is 0 Å². The quantitative estimate of drug-likeness (QED) is 0.781. The van der Waals surface area contributed by atoms with Crippen LogP contribution in [0.2, 0.25) is 5.02 Å². The largest absolute Gasteiger partial charge is 0.481 e. The molecule has 1 aliphatic rings. The van der Waals surface area contributed by atoms with Gasteiger partial charge in [0.25, 0.3) is 0 Å². The van der Waals surface area contributed by atoms with Crippen molar-refractivity contribution in [3.63, 3.8) is 0 Å². The van der Waals surface area contributed by atoms with Crippen LogP contribution in [0.3, 0.4) is 0 Å². The zero-order valence-corrected chi connectivity index (χ0v) is 15.0. The SMILES string of the molecule is CC1(C)OB(C(CC(=O)O)c2cc(Cl)cc(C(F)(F)F)c2)OC1(C)C. The van der Waals surface area contributed by atoms with Gasteiger partial charge < -0.3 is 14.4 Å². The van der Waals surface area contributed by atoms with Gasteiger partial charge in [-0.3, -0.25) is 4.79 Å². The molecular formula is C16H19BClF3O4. The van der Waals surface area contributed by atoms with Crippen LogP contribution in [0.25, 0.3) is 0 Å². The summed E-state index contributed by atoms with van der Waals surface area (Å²) in [5.41, 5.74) is -2.30. The molecule has 1 aliphatic heterocycles. The van der Waals surface area contributed by atoms with Gasteiger partial charge in [-0.25, -0.2) is 0 Å². The molecule has 1 fully saturated rings. The number of aliphatic carboxylic acids is 1. The summed E-state index contributed by atoms with van der Waals surface area (Å²) in [5.74, 6) is -2.11. The van der Waals surface area contributed by atoms with Gasteiger partial charge in [-0.15, -0.1) is 0 Å². The molecule has 1 saturated heterocycles. The maximum absolute atomic E-state index is 13.1. The maximum atomic E-state index is 13.1. The van der Waals surface area contributed by atoms with Crippen molar-refractivity contribution in [3.05, 3.63) is 34.3 Å². The van der Waals surface area contributed by atoms with Crippen LogP contribution in [0.4, 0.5) is 13.2 Å². The van der Waals surface area contributed by atoms with Gasteiger partial charge in [0.2, 0.25) is 0 Å². The van der Waals surface area contributed by atoms with Crippen LogP contribution in [-0.4, -0.2) is 29.4 Å². The molecule has 1 aromatic carbocycles. The van der Waals surface area contributed by atoms with Crippen molar-refractivity contribution in [1.29, 1.82) is 0 Å². The van der Waals surface area contributed by atoms with E-state index in [-0.39, 0.29) is 10.6 Å². The smallest absolute Gasteiger partial charge is 0.466 e. The summed E-state index contributed by atoms with van der Waals surface area (Å²) in [6.45, 7) is 7.13. The lowest BCUT2D eigenvalue weighted by molar-refractivity contribution is -0.137. The molecule has 1 atom stereocenters. The molecule has 1 N–H and O–H groups in total. The van der Waals surface area contributed by atoms with E-state index in [0.29, 0.717) is 0 Å². The Bertz CT molecular complexity index is 660. The van der Waals surface area contributed by atoms with Gasteiger partial charge in [-0.1, -0.05) is 11.6 Å². The first kappa shape index (κ1) is 20.1. The van der Waals surface area contributed by atoms with Crippen LogP contribution in [0.5, 0.6) is 0 Å². The molecule has 4 nitrogen and oxygen atoms in total. The molecule has 0 radical (unpaired) electrons. The monoisotopic (exact) mass is 378 g/mol. The van der Waals surface area contributed by atoms with E-state index in [0.717, 1.165) is 12.1 Å². The van der Waals surface area contributed by atoms with Gasteiger partial charge >= 0.3 is 19.3 Å². The minimum Gasteiger partial charge on any atom is -0.481 e. The van der Waals surface area contributed by atoms with Crippen molar-refractivity contribution in [3.8, 4) is 0 Å². The van der Waals surface area contributed by atoms with Gasteiger partial charge in [0, 0.05) is 10.8 Å². The van der Waals surface area contributed by atoms with Crippen LogP contribution in [-0.2, 0) is 20.3 Å². The fraction of sp³-hybridized carbons (Fsp3) is 0.562. The molecule has 0 saturated carbocycles. The highest BCUT2D eigenvalue weighted by molar-refractivity contribution is 6.48. The molecule has 0 aliphatic carbocycles. The maximum Gasteiger partial charge on any atom is 0.466 e. The number of hydrogen-bond donors (Lipinski definition) is 1. The van der Waals surface area contributed by atoms with E-state index < -0.39 is 48.3 Å². The van der Waals surface area contributed by atoms with Gasteiger partial charge in [-0.2, -0.15) is 13.2 Å². The second kappa shape index (κ2) is 6.48. The number of rotatable bonds is 4. The lowest BCUT2D eigenvalue weighted by atomic mass is 9.66. The normalized spacial score (nSPS) is 20.6. The van der Waals surface area contributed by atoms with Crippen molar-refractivity contribution in [2.45, 2.75) is 57.3 Å². The van der Waals surface area contributed by atoms with Crippen molar-refractivity contribution >= 4 is 24.7 Å². The fourth-order valence-corrected chi connectivity index (χ4v) is 2.85. The average molecular weight is 379 g/mol. The third-order valence-electron chi connectivity index (χ3n) is 4.67. The van der Waals surface area contributed by atoms with Crippen LogP contribution < -0.4 is 0 Å². The minimum absolute atomic E-state index is 0.112. The Kier molecular flexibility index (Phi) is 5.21. The predicted molar refractivity (Wildman–Crippen MR) is 87.5 cm³/mol. The summed E-state index contributed by atoms with van der Waals surface area (Å²) in [6, 6.07) is 3.01. The second-order valence-electron chi connectivity index (χ2n) is 7.10. The van der Waals surface area contributed by atoms with E-state index in [1.54, 1.807) is 27.7 Å². The molecule has 25 heavy (non-hydrogen) atoms.